The third-order valence-corrected chi connectivity index (χ3v) is 4.70. The first-order valence-electron chi connectivity index (χ1n) is 7.11. The predicted octanol–water partition coefficient (Wildman–Crippen LogP) is 1.99. The van der Waals surface area contributed by atoms with Crippen LogP contribution in [0.15, 0.2) is 0 Å². The van der Waals surface area contributed by atoms with Crippen molar-refractivity contribution in [2.45, 2.75) is 64.3 Å². The second kappa shape index (κ2) is 3.86. The van der Waals surface area contributed by atoms with Crippen molar-refractivity contribution in [1.82, 2.24) is 10.2 Å². The van der Waals surface area contributed by atoms with Gasteiger partial charge in [-0.3, -0.25) is 0 Å². The van der Waals surface area contributed by atoms with E-state index in [4.69, 9.17) is 4.74 Å². The Labute approximate surface area is 109 Å². The van der Waals surface area contributed by atoms with Crippen LogP contribution in [0.2, 0.25) is 0 Å². The Kier molecular flexibility index (Phi) is 2.63. The van der Waals surface area contributed by atoms with E-state index in [-0.39, 0.29) is 6.09 Å². The van der Waals surface area contributed by atoms with Crippen molar-refractivity contribution in [3.8, 4) is 0 Å². The Morgan fingerprint density at radius 1 is 1.28 bits per heavy atom. The molecule has 18 heavy (non-hydrogen) atoms. The summed E-state index contributed by atoms with van der Waals surface area (Å²) < 4.78 is 5.57. The molecule has 0 saturated carbocycles. The van der Waals surface area contributed by atoms with E-state index in [1.165, 1.54) is 0 Å². The standard InChI is InChI=1S/C14H24N2O2/c1-8-10-5-9-6-11(12(8)15-7-9)16(10)13(17)18-14(2,3)4/h8-12,15H,5-7H2,1-4H3/t8-,9-,10?,11+,12-/m1/s1. The summed E-state index contributed by atoms with van der Waals surface area (Å²) in [6.07, 6.45) is 2.17. The maximum Gasteiger partial charge on any atom is 0.410 e. The van der Waals surface area contributed by atoms with Crippen molar-refractivity contribution in [3.63, 3.8) is 0 Å². The van der Waals surface area contributed by atoms with E-state index in [0.29, 0.717) is 24.0 Å². The smallest absolute Gasteiger partial charge is 0.410 e. The second-order valence-corrected chi connectivity index (χ2v) is 7.15. The molecule has 3 aliphatic rings. The molecule has 0 aromatic heterocycles. The molecular formula is C14H24N2O2. The molecule has 0 aliphatic carbocycles. The minimum Gasteiger partial charge on any atom is -0.444 e. The van der Waals surface area contributed by atoms with Crippen LogP contribution in [0.1, 0.15) is 40.5 Å². The number of piperidine rings is 2. The molecule has 3 bridgehead atoms. The molecule has 0 radical (unpaired) electrons. The van der Waals surface area contributed by atoms with Gasteiger partial charge in [-0.05, 0) is 52.0 Å². The highest BCUT2D eigenvalue weighted by molar-refractivity contribution is 5.70. The van der Waals surface area contributed by atoms with Crippen LogP contribution in [-0.4, -0.2) is 41.3 Å². The maximum atomic E-state index is 12.4. The zero-order valence-electron chi connectivity index (χ0n) is 11.8. The largest absolute Gasteiger partial charge is 0.444 e. The van der Waals surface area contributed by atoms with Crippen LogP contribution in [0.3, 0.4) is 0 Å². The molecule has 1 N–H and O–H groups in total. The highest BCUT2D eigenvalue weighted by atomic mass is 16.6. The van der Waals surface area contributed by atoms with Crippen molar-refractivity contribution in [2.75, 3.05) is 6.54 Å². The number of amides is 1. The summed E-state index contributed by atoms with van der Waals surface area (Å²) in [7, 11) is 0. The topological polar surface area (TPSA) is 41.6 Å². The van der Waals surface area contributed by atoms with Gasteiger partial charge in [0.2, 0.25) is 0 Å². The van der Waals surface area contributed by atoms with Crippen molar-refractivity contribution in [2.24, 2.45) is 11.8 Å². The average Bonchev–Trinajstić information content (AvgIpc) is 2.35. The molecule has 1 amide bonds. The Morgan fingerprint density at radius 2 is 1.94 bits per heavy atom. The minimum absolute atomic E-state index is 0.117. The lowest BCUT2D eigenvalue weighted by molar-refractivity contribution is -0.00426. The molecule has 3 fully saturated rings. The van der Waals surface area contributed by atoms with Gasteiger partial charge in [0.1, 0.15) is 5.60 Å². The Morgan fingerprint density at radius 3 is 2.61 bits per heavy atom. The quantitative estimate of drug-likeness (QED) is 0.717. The fourth-order valence-electron chi connectivity index (χ4n) is 4.01. The fraction of sp³-hybridized carbons (Fsp3) is 0.929. The van der Waals surface area contributed by atoms with Crippen LogP contribution >= 0.6 is 0 Å². The minimum atomic E-state index is -0.399. The van der Waals surface area contributed by atoms with Crippen LogP contribution in [0.5, 0.6) is 0 Å². The normalized spacial score (nSPS) is 42.2. The van der Waals surface area contributed by atoms with Gasteiger partial charge in [-0.25, -0.2) is 4.79 Å². The molecule has 3 aliphatic heterocycles. The number of fused-ring (bicyclic) bond motifs is 2. The van der Waals surface area contributed by atoms with Gasteiger partial charge in [-0.1, -0.05) is 6.92 Å². The van der Waals surface area contributed by atoms with E-state index in [0.717, 1.165) is 25.3 Å². The summed E-state index contributed by atoms with van der Waals surface area (Å²) >= 11 is 0. The first kappa shape index (κ1) is 12.3. The zero-order valence-corrected chi connectivity index (χ0v) is 11.8. The number of carbonyl (C=O) groups is 1. The highest BCUT2D eigenvalue weighted by Gasteiger charge is 2.56. The Bertz CT molecular complexity index is 361. The summed E-state index contributed by atoms with van der Waals surface area (Å²) in [6, 6.07) is 1.21. The van der Waals surface area contributed by atoms with Gasteiger partial charge in [0.05, 0.1) is 6.04 Å². The van der Waals surface area contributed by atoms with E-state index < -0.39 is 5.60 Å². The Hall–Kier alpha value is -0.770. The lowest BCUT2D eigenvalue weighted by Gasteiger charge is -2.43. The molecule has 4 nitrogen and oxygen atoms in total. The monoisotopic (exact) mass is 252 g/mol. The van der Waals surface area contributed by atoms with E-state index >= 15 is 0 Å². The van der Waals surface area contributed by atoms with Crippen molar-refractivity contribution in [3.05, 3.63) is 0 Å². The van der Waals surface area contributed by atoms with Gasteiger partial charge < -0.3 is 15.0 Å². The molecule has 3 rings (SSSR count). The lowest BCUT2D eigenvalue weighted by Crippen LogP contribution is -2.56. The third-order valence-electron chi connectivity index (χ3n) is 4.70. The first-order valence-corrected chi connectivity index (χ1v) is 7.11. The molecule has 3 heterocycles. The molecular weight excluding hydrogens is 228 g/mol. The van der Waals surface area contributed by atoms with Crippen LogP contribution in [0.4, 0.5) is 4.79 Å². The van der Waals surface area contributed by atoms with Gasteiger partial charge in [0.25, 0.3) is 0 Å². The van der Waals surface area contributed by atoms with E-state index in [9.17, 15) is 4.79 Å². The lowest BCUT2D eigenvalue weighted by atomic mass is 9.88. The number of nitrogens with zero attached hydrogens (tertiary/aromatic N) is 1. The summed E-state index contributed by atoms with van der Waals surface area (Å²) in [5, 5.41) is 3.62. The number of ether oxygens (including phenoxy) is 1. The van der Waals surface area contributed by atoms with E-state index in [1.54, 1.807) is 0 Å². The van der Waals surface area contributed by atoms with E-state index in [2.05, 4.69) is 12.2 Å². The van der Waals surface area contributed by atoms with Crippen molar-refractivity contribution >= 4 is 6.09 Å². The summed E-state index contributed by atoms with van der Waals surface area (Å²) in [6.45, 7) is 9.21. The average molecular weight is 252 g/mol. The summed E-state index contributed by atoms with van der Waals surface area (Å²) in [5.41, 5.74) is -0.399. The van der Waals surface area contributed by atoms with Gasteiger partial charge in [0.15, 0.2) is 0 Å². The SMILES string of the molecule is C[C@@H]1C2C[C@H]3CN[C@H]1[C@H](C3)N2C(=O)OC(C)(C)C. The van der Waals surface area contributed by atoms with Crippen LogP contribution in [0.25, 0.3) is 0 Å². The van der Waals surface area contributed by atoms with Crippen LogP contribution in [0, 0.1) is 11.8 Å². The van der Waals surface area contributed by atoms with Crippen molar-refractivity contribution in [1.29, 1.82) is 0 Å². The molecule has 4 heteroatoms. The number of hydrogen-bond acceptors (Lipinski definition) is 3. The van der Waals surface area contributed by atoms with Crippen LogP contribution < -0.4 is 5.32 Å². The zero-order chi connectivity index (χ0) is 13.1. The number of nitrogens with one attached hydrogen (secondary N) is 1. The van der Waals surface area contributed by atoms with Gasteiger partial charge in [-0.2, -0.15) is 0 Å². The first-order chi connectivity index (χ1) is 8.37. The van der Waals surface area contributed by atoms with Crippen LogP contribution in [-0.2, 0) is 4.74 Å². The highest BCUT2D eigenvalue weighted by Crippen LogP contribution is 2.45. The van der Waals surface area contributed by atoms with Gasteiger partial charge >= 0.3 is 6.09 Å². The molecule has 0 aromatic carbocycles. The molecule has 5 atom stereocenters. The maximum absolute atomic E-state index is 12.4. The van der Waals surface area contributed by atoms with Gasteiger partial charge in [0, 0.05) is 12.1 Å². The third kappa shape index (κ3) is 1.81. The molecule has 1 unspecified atom stereocenters. The molecule has 0 spiro atoms. The number of rotatable bonds is 0. The number of hydrogen-bond donors (Lipinski definition) is 1. The molecule has 0 aromatic rings. The van der Waals surface area contributed by atoms with E-state index in [1.807, 2.05) is 25.7 Å². The number of carbonyl (C=O) groups excluding carboxylic acids is 1. The molecule has 3 saturated heterocycles. The Balaban J connectivity index is 1.81. The summed E-state index contributed by atoms with van der Waals surface area (Å²) in [4.78, 5) is 14.4. The second-order valence-electron chi connectivity index (χ2n) is 7.15. The summed E-state index contributed by atoms with van der Waals surface area (Å²) in [5.74, 6) is 1.30. The van der Waals surface area contributed by atoms with Gasteiger partial charge in [-0.15, -0.1) is 0 Å². The fourth-order valence-corrected chi connectivity index (χ4v) is 4.01. The molecule has 102 valence electrons. The van der Waals surface area contributed by atoms with Crippen molar-refractivity contribution < 1.29 is 9.53 Å². The predicted molar refractivity (Wildman–Crippen MR) is 69.3 cm³/mol.